The standard InChI is InChI=1S/C16H19F2NS/c1-3-13-6-8-16(20-13)15(19-4-2)10-11-9-12(17)5-7-14(11)18/h5-9,15,19H,3-4,10H2,1-2H3. The zero-order valence-corrected chi connectivity index (χ0v) is 12.6. The Bertz CT molecular complexity index is 565. The van der Waals surface area contributed by atoms with Crippen molar-refractivity contribution in [2.75, 3.05) is 6.54 Å². The summed E-state index contributed by atoms with van der Waals surface area (Å²) in [5, 5.41) is 3.35. The molecule has 4 heteroatoms. The summed E-state index contributed by atoms with van der Waals surface area (Å²) in [4.78, 5) is 2.48. The maximum Gasteiger partial charge on any atom is 0.126 e. The molecule has 0 saturated heterocycles. The van der Waals surface area contributed by atoms with Gasteiger partial charge in [0.1, 0.15) is 11.6 Å². The van der Waals surface area contributed by atoms with Crippen LogP contribution in [0.3, 0.4) is 0 Å². The van der Waals surface area contributed by atoms with Gasteiger partial charge < -0.3 is 5.32 Å². The summed E-state index contributed by atoms with van der Waals surface area (Å²) in [6.07, 6.45) is 1.46. The number of nitrogens with one attached hydrogen (secondary N) is 1. The molecule has 0 amide bonds. The van der Waals surface area contributed by atoms with Crippen LogP contribution >= 0.6 is 11.3 Å². The van der Waals surface area contributed by atoms with Gasteiger partial charge in [-0.1, -0.05) is 13.8 Å². The second-order valence-electron chi connectivity index (χ2n) is 4.71. The summed E-state index contributed by atoms with van der Waals surface area (Å²) in [5.41, 5.74) is 0.419. The minimum atomic E-state index is -0.392. The van der Waals surface area contributed by atoms with Crippen molar-refractivity contribution in [1.29, 1.82) is 0 Å². The van der Waals surface area contributed by atoms with E-state index < -0.39 is 5.82 Å². The second-order valence-corrected chi connectivity index (χ2v) is 5.91. The zero-order chi connectivity index (χ0) is 14.5. The molecule has 0 radical (unpaired) electrons. The molecular weight excluding hydrogens is 276 g/mol. The third-order valence-corrected chi connectivity index (χ3v) is 4.60. The van der Waals surface area contributed by atoms with Crippen LogP contribution in [0.15, 0.2) is 30.3 Å². The lowest BCUT2D eigenvalue weighted by atomic mass is 10.0. The zero-order valence-electron chi connectivity index (χ0n) is 11.7. The Labute approximate surface area is 122 Å². The fourth-order valence-electron chi connectivity index (χ4n) is 2.21. The Morgan fingerprint density at radius 3 is 2.60 bits per heavy atom. The number of hydrogen-bond donors (Lipinski definition) is 1. The van der Waals surface area contributed by atoms with Crippen molar-refractivity contribution in [3.8, 4) is 0 Å². The summed E-state index contributed by atoms with van der Waals surface area (Å²) >= 11 is 1.73. The van der Waals surface area contributed by atoms with Crippen molar-refractivity contribution < 1.29 is 8.78 Å². The van der Waals surface area contributed by atoms with Gasteiger partial charge >= 0.3 is 0 Å². The maximum absolute atomic E-state index is 13.8. The molecule has 1 heterocycles. The summed E-state index contributed by atoms with van der Waals surface area (Å²) in [6, 6.07) is 7.84. The van der Waals surface area contributed by atoms with E-state index in [4.69, 9.17) is 0 Å². The second kappa shape index (κ2) is 6.95. The van der Waals surface area contributed by atoms with Crippen LogP contribution in [0, 0.1) is 11.6 Å². The minimum absolute atomic E-state index is 0.0293. The normalized spacial score (nSPS) is 12.6. The molecule has 2 rings (SSSR count). The lowest BCUT2D eigenvalue weighted by molar-refractivity contribution is 0.527. The fraction of sp³-hybridized carbons (Fsp3) is 0.375. The quantitative estimate of drug-likeness (QED) is 0.828. The summed E-state index contributed by atoms with van der Waals surface area (Å²) in [5.74, 6) is -0.737. The van der Waals surface area contributed by atoms with Gasteiger partial charge in [-0.2, -0.15) is 0 Å². The van der Waals surface area contributed by atoms with Crippen LogP contribution in [-0.4, -0.2) is 6.54 Å². The molecule has 1 aromatic carbocycles. The van der Waals surface area contributed by atoms with Gasteiger partial charge in [-0.05, 0) is 55.3 Å². The summed E-state index contributed by atoms with van der Waals surface area (Å²) < 4.78 is 27.0. The predicted molar refractivity (Wildman–Crippen MR) is 80.2 cm³/mol. The van der Waals surface area contributed by atoms with E-state index in [0.29, 0.717) is 12.0 Å². The molecule has 0 aliphatic heterocycles. The number of halogens is 2. The molecule has 1 atom stereocenters. The first-order valence-corrected chi connectivity index (χ1v) is 7.71. The van der Waals surface area contributed by atoms with Gasteiger partial charge in [0.2, 0.25) is 0 Å². The van der Waals surface area contributed by atoms with Crippen LogP contribution < -0.4 is 5.32 Å². The van der Waals surface area contributed by atoms with Crippen LogP contribution in [0.4, 0.5) is 8.78 Å². The minimum Gasteiger partial charge on any atom is -0.309 e. The average molecular weight is 295 g/mol. The van der Waals surface area contributed by atoms with Crippen molar-refractivity contribution in [2.45, 2.75) is 32.7 Å². The van der Waals surface area contributed by atoms with Crippen LogP contribution in [0.5, 0.6) is 0 Å². The molecule has 0 fully saturated rings. The number of benzene rings is 1. The number of thiophene rings is 1. The van der Waals surface area contributed by atoms with Crippen molar-refractivity contribution in [3.05, 3.63) is 57.3 Å². The topological polar surface area (TPSA) is 12.0 Å². The predicted octanol–water partition coefficient (Wildman–Crippen LogP) is 4.48. The lowest BCUT2D eigenvalue weighted by Gasteiger charge is -2.17. The molecule has 0 aliphatic carbocycles. The molecule has 1 nitrogen and oxygen atoms in total. The van der Waals surface area contributed by atoms with Crippen molar-refractivity contribution >= 4 is 11.3 Å². The van der Waals surface area contributed by atoms with E-state index in [9.17, 15) is 8.78 Å². The molecule has 20 heavy (non-hydrogen) atoms. The molecule has 1 aromatic heterocycles. The Kier molecular flexibility index (Phi) is 5.26. The van der Waals surface area contributed by atoms with Crippen LogP contribution in [-0.2, 0) is 12.8 Å². The Morgan fingerprint density at radius 2 is 1.95 bits per heavy atom. The first kappa shape index (κ1) is 15.1. The fourth-order valence-corrected chi connectivity index (χ4v) is 3.24. The third kappa shape index (κ3) is 3.64. The molecule has 0 saturated carbocycles. The van der Waals surface area contributed by atoms with E-state index >= 15 is 0 Å². The summed E-state index contributed by atoms with van der Waals surface area (Å²) in [7, 11) is 0. The highest BCUT2D eigenvalue weighted by Crippen LogP contribution is 2.27. The van der Waals surface area contributed by atoms with Crippen LogP contribution in [0.25, 0.3) is 0 Å². The van der Waals surface area contributed by atoms with Gasteiger partial charge in [-0.25, -0.2) is 8.78 Å². The average Bonchev–Trinajstić information content (AvgIpc) is 2.91. The van der Waals surface area contributed by atoms with Gasteiger partial charge in [0, 0.05) is 15.8 Å². The molecule has 1 N–H and O–H groups in total. The van der Waals surface area contributed by atoms with E-state index in [1.807, 2.05) is 6.92 Å². The van der Waals surface area contributed by atoms with Crippen LogP contribution in [0.1, 0.15) is 35.2 Å². The first-order chi connectivity index (χ1) is 9.63. The van der Waals surface area contributed by atoms with E-state index in [-0.39, 0.29) is 11.9 Å². The Morgan fingerprint density at radius 1 is 1.15 bits per heavy atom. The number of hydrogen-bond acceptors (Lipinski definition) is 2. The van der Waals surface area contributed by atoms with Gasteiger partial charge in [-0.15, -0.1) is 11.3 Å². The monoisotopic (exact) mass is 295 g/mol. The molecule has 0 spiro atoms. The van der Waals surface area contributed by atoms with Gasteiger partial charge in [0.25, 0.3) is 0 Å². The highest BCUT2D eigenvalue weighted by molar-refractivity contribution is 7.12. The van der Waals surface area contributed by atoms with Crippen molar-refractivity contribution in [3.63, 3.8) is 0 Å². The van der Waals surface area contributed by atoms with E-state index in [0.717, 1.165) is 19.0 Å². The molecular formula is C16H19F2NS. The van der Waals surface area contributed by atoms with E-state index in [2.05, 4.69) is 24.4 Å². The smallest absolute Gasteiger partial charge is 0.126 e. The number of aryl methyl sites for hydroxylation is 1. The molecule has 0 aliphatic rings. The molecule has 1 unspecified atom stereocenters. The number of likely N-dealkylation sites (N-methyl/N-ethyl adjacent to an activating group) is 1. The number of rotatable bonds is 6. The van der Waals surface area contributed by atoms with Crippen LogP contribution in [0.2, 0.25) is 0 Å². The Hall–Kier alpha value is -1.26. The molecule has 2 aromatic rings. The van der Waals surface area contributed by atoms with Gasteiger partial charge in [0.05, 0.1) is 0 Å². The first-order valence-electron chi connectivity index (χ1n) is 6.90. The largest absolute Gasteiger partial charge is 0.309 e. The van der Waals surface area contributed by atoms with Crippen molar-refractivity contribution in [1.82, 2.24) is 5.32 Å². The van der Waals surface area contributed by atoms with E-state index in [1.54, 1.807) is 11.3 Å². The van der Waals surface area contributed by atoms with Gasteiger partial charge in [0.15, 0.2) is 0 Å². The van der Waals surface area contributed by atoms with Gasteiger partial charge in [-0.3, -0.25) is 0 Å². The SMILES string of the molecule is CCNC(Cc1cc(F)ccc1F)c1ccc(CC)s1. The third-order valence-electron chi connectivity index (χ3n) is 3.26. The highest BCUT2D eigenvalue weighted by atomic mass is 32.1. The Balaban J connectivity index is 2.22. The molecule has 0 bridgehead atoms. The maximum atomic E-state index is 13.8. The van der Waals surface area contributed by atoms with E-state index in [1.165, 1.54) is 21.9 Å². The highest BCUT2D eigenvalue weighted by Gasteiger charge is 2.16. The van der Waals surface area contributed by atoms with Crippen molar-refractivity contribution in [2.24, 2.45) is 0 Å². The summed E-state index contributed by atoms with van der Waals surface area (Å²) in [6.45, 7) is 4.92. The lowest BCUT2D eigenvalue weighted by Crippen LogP contribution is -2.22. The molecule has 108 valence electrons.